The van der Waals surface area contributed by atoms with Crippen molar-refractivity contribution in [2.24, 2.45) is 4.99 Å². The number of aromatic nitrogens is 2. The van der Waals surface area contributed by atoms with Crippen molar-refractivity contribution in [1.82, 2.24) is 20.8 Å². The van der Waals surface area contributed by atoms with Crippen molar-refractivity contribution in [2.75, 3.05) is 20.1 Å². The van der Waals surface area contributed by atoms with Crippen molar-refractivity contribution < 1.29 is 13.7 Å². The molecule has 0 saturated carbocycles. The van der Waals surface area contributed by atoms with Gasteiger partial charge in [0.15, 0.2) is 11.8 Å². The summed E-state index contributed by atoms with van der Waals surface area (Å²) < 4.78 is 24.4. The molecule has 0 aliphatic carbocycles. The van der Waals surface area contributed by atoms with Crippen molar-refractivity contribution >= 4 is 5.96 Å². The molecular weight excluding hydrogens is 361 g/mol. The Kier molecular flexibility index (Phi) is 8.71. The van der Waals surface area contributed by atoms with Gasteiger partial charge in [0.05, 0.1) is 6.54 Å². The molecule has 0 fully saturated rings. The number of nitrogens with one attached hydrogen (secondary N) is 2. The molecule has 154 valence electrons. The zero-order valence-electron chi connectivity index (χ0n) is 17.0. The first-order chi connectivity index (χ1) is 13.5. The summed E-state index contributed by atoms with van der Waals surface area (Å²) in [5.74, 6) is 2.57. The second kappa shape index (κ2) is 11.3. The van der Waals surface area contributed by atoms with Crippen LogP contribution in [0.1, 0.15) is 51.2 Å². The monoisotopic (exact) mass is 391 g/mol. The molecule has 1 atom stereocenters. The van der Waals surface area contributed by atoms with E-state index in [-0.39, 0.29) is 17.8 Å². The highest BCUT2D eigenvalue weighted by atomic mass is 19.1. The molecule has 1 heterocycles. The Bertz CT molecular complexity index is 748. The minimum absolute atomic E-state index is 0.0896. The Morgan fingerprint density at radius 3 is 2.79 bits per heavy atom. The van der Waals surface area contributed by atoms with Gasteiger partial charge in [-0.1, -0.05) is 32.0 Å². The lowest BCUT2D eigenvalue weighted by Crippen LogP contribution is -2.42. The SMILES string of the molecule is CCC(CNC(=NC)NCCCc1nc(C(C)C)no1)Oc1cccc(F)c1. The van der Waals surface area contributed by atoms with E-state index in [1.54, 1.807) is 19.2 Å². The van der Waals surface area contributed by atoms with Crippen LogP contribution in [0.25, 0.3) is 0 Å². The molecule has 7 nitrogen and oxygen atoms in total. The molecule has 0 radical (unpaired) electrons. The fourth-order valence-electron chi connectivity index (χ4n) is 2.48. The van der Waals surface area contributed by atoms with Crippen LogP contribution in [0.15, 0.2) is 33.8 Å². The van der Waals surface area contributed by atoms with Crippen LogP contribution >= 0.6 is 0 Å². The smallest absolute Gasteiger partial charge is 0.226 e. The summed E-state index contributed by atoms with van der Waals surface area (Å²) in [4.78, 5) is 8.58. The maximum Gasteiger partial charge on any atom is 0.226 e. The van der Waals surface area contributed by atoms with Crippen LogP contribution in [0, 0.1) is 5.82 Å². The minimum atomic E-state index is -0.306. The fourth-order valence-corrected chi connectivity index (χ4v) is 2.48. The summed E-state index contributed by atoms with van der Waals surface area (Å²) in [6.07, 6.45) is 2.25. The summed E-state index contributed by atoms with van der Waals surface area (Å²) in [7, 11) is 1.72. The molecule has 2 rings (SSSR count). The van der Waals surface area contributed by atoms with Gasteiger partial charge in [0.1, 0.15) is 17.7 Å². The van der Waals surface area contributed by atoms with Gasteiger partial charge in [-0.15, -0.1) is 0 Å². The number of ether oxygens (including phenoxy) is 1. The first kappa shape index (κ1) is 21.7. The van der Waals surface area contributed by atoms with Crippen LogP contribution in [0.5, 0.6) is 5.75 Å². The van der Waals surface area contributed by atoms with Crippen LogP contribution < -0.4 is 15.4 Å². The highest BCUT2D eigenvalue weighted by Crippen LogP contribution is 2.14. The van der Waals surface area contributed by atoms with E-state index in [0.717, 1.165) is 25.2 Å². The first-order valence-electron chi connectivity index (χ1n) is 9.71. The first-order valence-corrected chi connectivity index (χ1v) is 9.71. The van der Waals surface area contributed by atoms with Crippen molar-refractivity contribution in [2.45, 2.75) is 52.1 Å². The van der Waals surface area contributed by atoms with E-state index in [1.165, 1.54) is 12.1 Å². The summed E-state index contributed by atoms with van der Waals surface area (Å²) in [6, 6.07) is 6.17. The zero-order chi connectivity index (χ0) is 20.4. The zero-order valence-corrected chi connectivity index (χ0v) is 17.0. The third-order valence-electron chi connectivity index (χ3n) is 4.14. The van der Waals surface area contributed by atoms with Crippen LogP contribution in [-0.2, 0) is 6.42 Å². The number of rotatable bonds is 10. The van der Waals surface area contributed by atoms with Gasteiger partial charge in [0.25, 0.3) is 0 Å². The Balaban J connectivity index is 1.70. The molecular formula is C20H30FN5O2. The number of benzene rings is 1. The van der Waals surface area contributed by atoms with Crippen molar-refractivity contribution in [3.8, 4) is 5.75 Å². The second-order valence-electron chi connectivity index (χ2n) is 6.79. The van der Waals surface area contributed by atoms with Gasteiger partial charge >= 0.3 is 0 Å². The van der Waals surface area contributed by atoms with E-state index in [2.05, 4.69) is 25.8 Å². The lowest BCUT2D eigenvalue weighted by Gasteiger charge is -2.20. The third kappa shape index (κ3) is 7.17. The number of aliphatic imine (C=N–C) groups is 1. The molecule has 0 spiro atoms. The Labute approximate surface area is 165 Å². The molecule has 0 amide bonds. The molecule has 0 saturated heterocycles. The Morgan fingerprint density at radius 2 is 2.14 bits per heavy atom. The van der Waals surface area contributed by atoms with Crippen LogP contribution in [0.2, 0.25) is 0 Å². The van der Waals surface area contributed by atoms with E-state index in [0.29, 0.717) is 30.6 Å². The quantitative estimate of drug-likeness (QED) is 0.367. The van der Waals surface area contributed by atoms with E-state index in [4.69, 9.17) is 9.26 Å². The van der Waals surface area contributed by atoms with Gasteiger partial charge in [-0.25, -0.2) is 4.39 Å². The molecule has 0 aliphatic rings. The average Bonchev–Trinajstić information content (AvgIpc) is 3.15. The molecule has 28 heavy (non-hydrogen) atoms. The van der Waals surface area contributed by atoms with Crippen LogP contribution in [0.4, 0.5) is 4.39 Å². The van der Waals surface area contributed by atoms with Crippen molar-refractivity contribution in [3.05, 3.63) is 41.8 Å². The van der Waals surface area contributed by atoms with Crippen molar-refractivity contribution in [3.63, 3.8) is 0 Å². The Hall–Kier alpha value is -2.64. The minimum Gasteiger partial charge on any atom is -0.489 e. The summed E-state index contributed by atoms with van der Waals surface area (Å²) >= 11 is 0. The van der Waals surface area contributed by atoms with E-state index in [1.807, 2.05) is 20.8 Å². The molecule has 2 aromatic rings. The summed E-state index contributed by atoms with van der Waals surface area (Å²) in [5.41, 5.74) is 0. The molecule has 1 aromatic heterocycles. The molecule has 1 aromatic carbocycles. The lowest BCUT2D eigenvalue weighted by molar-refractivity contribution is 0.199. The topological polar surface area (TPSA) is 84.6 Å². The molecule has 1 unspecified atom stereocenters. The predicted octanol–water partition coefficient (Wildman–Crippen LogP) is 3.29. The predicted molar refractivity (Wildman–Crippen MR) is 107 cm³/mol. The fraction of sp³-hybridized carbons (Fsp3) is 0.550. The number of hydrogen-bond acceptors (Lipinski definition) is 5. The molecule has 2 N–H and O–H groups in total. The van der Waals surface area contributed by atoms with Gasteiger partial charge in [-0.3, -0.25) is 4.99 Å². The maximum absolute atomic E-state index is 13.3. The number of guanidine groups is 1. The maximum atomic E-state index is 13.3. The average molecular weight is 391 g/mol. The van der Waals surface area contributed by atoms with Gasteiger partial charge in [0, 0.05) is 32.0 Å². The van der Waals surface area contributed by atoms with Crippen LogP contribution in [-0.4, -0.2) is 42.3 Å². The Morgan fingerprint density at radius 1 is 1.32 bits per heavy atom. The van der Waals surface area contributed by atoms with E-state index in [9.17, 15) is 4.39 Å². The summed E-state index contributed by atoms with van der Waals surface area (Å²) in [5, 5.41) is 10.5. The van der Waals surface area contributed by atoms with Crippen molar-refractivity contribution in [1.29, 1.82) is 0 Å². The van der Waals surface area contributed by atoms with Gasteiger partial charge in [-0.05, 0) is 25.0 Å². The van der Waals surface area contributed by atoms with Gasteiger partial charge in [-0.2, -0.15) is 4.98 Å². The highest BCUT2D eigenvalue weighted by Gasteiger charge is 2.11. The molecule has 0 aliphatic heterocycles. The van der Waals surface area contributed by atoms with E-state index < -0.39 is 0 Å². The van der Waals surface area contributed by atoms with E-state index >= 15 is 0 Å². The molecule has 0 bridgehead atoms. The number of hydrogen-bond donors (Lipinski definition) is 2. The molecule has 8 heteroatoms. The van der Waals surface area contributed by atoms with Gasteiger partial charge in [0.2, 0.25) is 5.89 Å². The number of halogens is 1. The summed E-state index contributed by atoms with van der Waals surface area (Å²) in [6.45, 7) is 7.38. The highest BCUT2D eigenvalue weighted by molar-refractivity contribution is 5.79. The van der Waals surface area contributed by atoms with Gasteiger partial charge < -0.3 is 19.9 Å². The normalized spacial score (nSPS) is 12.9. The lowest BCUT2D eigenvalue weighted by atomic mass is 10.2. The second-order valence-corrected chi connectivity index (χ2v) is 6.79. The van der Waals surface area contributed by atoms with Crippen LogP contribution in [0.3, 0.4) is 0 Å². The number of aryl methyl sites for hydroxylation is 1. The standard InChI is InChI=1S/C20H30FN5O2/c1-5-16(27-17-9-6-8-15(21)12-17)13-24-20(22-4)23-11-7-10-18-25-19(14(2)3)26-28-18/h6,8-9,12,14,16H,5,7,10-11,13H2,1-4H3,(H2,22,23,24). The third-order valence-corrected chi connectivity index (χ3v) is 4.14. The largest absolute Gasteiger partial charge is 0.489 e. The number of nitrogens with zero attached hydrogens (tertiary/aromatic N) is 3.